The van der Waals surface area contributed by atoms with Crippen molar-refractivity contribution in [2.45, 2.75) is 26.2 Å². The van der Waals surface area contributed by atoms with E-state index >= 15 is 0 Å². The second-order valence-electron chi connectivity index (χ2n) is 2.90. The van der Waals surface area contributed by atoms with Crippen LogP contribution in [0.15, 0.2) is 24.3 Å². The first kappa shape index (κ1) is 8.12. The molecule has 0 aromatic heterocycles. The Morgan fingerprint density at radius 1 is 1.36 bits per heavy atom. The average molecular weight is 148 g/mol. The molecule has 0 aliphatic rings. The van der Waals surface area contributed by atoms with Gasteiger partial charge in [0.15, 0.2) is 0 Å². The number of rotatable bonds is 2. The van der Waals surface area contributed by atoms with Crippen molar-refractivity contribution in [2.24, 2.45) is 0 Å². The van der Waals surface area contributed by atoms with Crippen molar-refractivity contribution in [2.75, 3.05) is 0 Å². The van der Waals surface area contributed by atoms with Crippen molar-refractivity contribution in [1.29, 1.82) is 0 Å². The maximum Gasteiger partial charge on any atom is 0.0574 e. The van der Waals surface area contributed by atoms with Gasteiger partial charge in [0, 0.05) is 0 Å². The monoisotopic (exact) mass is 148 g/mol. The van der Waals surface area contributed by atoms with E-state index in [-0.39, 0.29) is 0 Å². The highest BCUT2D eigenvalue weighted by molar-refractivity contribution is 5.44. The fourth-order valence-electron chi connectivity index (χ4n) is 1.15. The SMILES string of the molecule is CCC(C)c1ccccc1[NH]. The molecule has 1 unspecified atom stereocenters. The molecular weight excluding hydrogens is 134 g/mol. The van der Waals surface area contributed by atoms with E-state index in [4.69, 9.17) is 5.73 Å². The van der Waals surface area contributed by atoms with Crippen LogP contribution in [0.4, 0.5) is 5.69 Å². The highest BCUT2D eigenvalue weighted by Crippen LogP contribution is 2.24. The normalized spacial score (nSPS) is 12.9. The summed E-state index contributed by atoms with van der Waals surface area (Å²) in [4.78, 5) is 0. The average Bonchev–Trinajstić information content (AvgIpc) is 2.04. The number of nitrogens with one attached hydrogen (secondary N) is 1. The summed E-state index contributed by atoms with van der Waals surface area (Å²) >= 11 is 0. The summed E-state index contributed by atoms with van der Waals surface area (Å²) in [5, 5.41) is 0. The highest BCUT2D eigenvalue weighted by atomic mass is 14.6. The van der Waals surface area contributed by atoms with E-state index < -0.39 is 0 Å². The summed E-state index contributed by atoms with van der Waals surface area (Å²) in [6, 6.07) is 7.80. The zero-order valence-electron chi connectivity index (χ0n) is 7.09. The third-order valence-corrected chi connectivity index (χ3v) is 2.10. The van der Waals surface area contributed by atoms with E-state index in [1.807, 2.05) is 24.3 Å². The van der Waals surface area contributed by atoms with Gasteiger partial charge in [0.05, 0.1) is 5.69 Å². The molecule has 0 heterocycles. The van der Waals surface area contributed by atoms with Gasteiger partial charge < -0.3 is 5.73 Å². The predicted molar refractivity (Wildman–Crippen MR) is 47.9 cm³/mol. The van der Waals surface area contributed by atoms with Crippen LogP contribution >= 0.6 is 0 Å². The van der Waals surface area contributed by atoms with E-state index in [1.165, 1.54) is 0 Å². The number of hydrogen-bond donors (Lipinski definition) is 0. The molecular formula is C10H14N. The minimum atomic E-state index is 0.517. The van der Waals surface area contributed by atoms with Gasteiger partial charge in [-0.25, -0.2) is 0 Å². The smallest absolute Gasteiger partial charge is 0.0574 e. The van der Waals surface area contributed by atoms with Gasteiger partial charge in [-0.3, -0.25) is 0 Å². The molecule has 59 valence electrons. The van der Waals surface area contributed by atoms with E-state index in [0.717, 1.165) is 12.0 Å². The molecule has 0 aliphatic heterocycles. The molecule has 1 N–H and O–H groups in total. The van der Waals surface area contributed by atoms with Crippen LogP contribution in [0.5, 0.6) is 0 Å². The molecule has 0 saturated carbocycles. The van der Waals surface area contributed by atoms with Crippen LogP contribution in [-0.4, -0.2) is 0 Å². The van der Waals surface area contributed by atoms with Gasteiger partial charge in [-0.05, 0) is 24.0 Å². The van der Waals surface area contributed by atoms with Crippen molar-refractivity contribution in [1.82, 2.24) is 5.73 Å². The zero-order chi connectivity index (χ0) is 8.27. The predicted octanol–water partition coefficient (Wildman–Crippen LogP) is 3.11. The Morgan fingerprint density at radius 2 is 2.00 bits per heavy atom. The van der Waals surface area contributed by atoms with Crippen LogP contribution < -0.4 is 5.73 Å². The van der Waals surface area contributed by atoms with E-state index in [1.54, 1.807) is 0 Å². The molecule has 0 saturated heterocycles. The first-order valence-electron chi connectivity index (χ1n) is 4.06. The van der Waals surface area contributed by atoms with Crippen LogP contribution in [0.2, 0.25) is 0 Å². The Labute approximate surface area is 68.2 Å². The van der Waals surface area contributed by atoms with Crippen molar-refractivity contribution >= 4 is 5.69 Å². The lowest BCUT2D eigenvalue weighted by atomic mass is 9.97. The van der Waals surface area contributed by atoms with Crippen molar-refractivity contribution in [3.8, 4) is 0 Å². The summed E-state index contributed by atoms with van der Waals surface area (Å²) < 4.78 is 0. The molecule has 1 aromatic carbocycles. The maximum atomic E-state index is 7.60. The topological polar surface area (TPSA) is 23.8 Å². The Morgan fingerprint density at radius 3 is 2.55 bits per heavy atom. The second-order valence-corrected chi connectivity index (χ2v) is 2.90. The van der Waals surface area contributed by atoms with Crippen LogP contribution in [-0.2, 0) is 0 Å². The maximum absolute atomic E-state index is 7.60. The quantitative estimate of drug-likeness (QED) is 0.615. The lowest BCUT2D eigenvalue weighted by molar-refractivity contribution is 0.734. The van der Waals surface area contributed by atoms with E-state index in [9.17, 15) is 0 Å². The summed E-state index contributed by atoms with van der Waals surface area (Å²) in [5.41, 5.74) is 9.43. The van der Waals surface area contributed by atoms with Crippen molar-refractivity contribution in [3.63, 3.8) is 0 Å². The standard InChI is InChI=1S/C10H14N/c1-3-8(2)9-6-4-5-7-10(9)11/h4-8,11H,3H2,1-2H3. The van der Waals surface area contributed by atoms with Crippen molar-refractivity contribution in [3.05, 3.63) is 29.8 Å². The highest BCUT2D eigenvalue weighted by Gasteiger charge is 2.04. The van der Waals surface area contributed by atoms with Crippen LogP contribution in [0.3, 0.4) is 0 Å². The van der Waals surface area contributed by atoms with Gasteiger partial charge >= 0.3 is 0 Å². The number of benzene rings is 1. The van der Waals surface area contributed by atoms with E-state index in [2.05, 4.69) is 13.8 Å². The molecule has 1 rings (SSSR count). The van der Waals surface area contributed by atoms with Gasteiger partial charge in [-0.15, -0.1) is 0 Å². The molecule has 11 heavy (non-hydrogen) atoms. The summed E-state index contributed by atoms with van der Waals surface area (Å²) in [6.07, 6.45) is 1.11. The van der Waals surface area contributed by atoms with Gasteiger partial charge in [-0.2, -0.15) is 0 Å². The molecule has 1 heteroatoms. The second kappa shape index (κ2) is 3.42. The summed E-state index contributed by atoms with van der Waals surface area (Å²) in [5.74, 6) is 0.517. The molecule has 0 spiro atoms. The van der Waals surface area contributed by atoms with Gasteiger partial charge in [0.1, 0.15) is 0 Å². The molecule has 1 aromatic rings. The third-order valence-electron chi connectivity index (χ3n) is 2.10. The minimum absolute atomic E-state index is 0.517. The summed E-state index contributed by atoms with van der Waals surface area (Å²) in [7, 11) is 0. The molecule has 0 bridgehead atoms. The van der Waals surface area contributed by atoms with Gasteiger partial charge in [-0.1, -0.05) is 32.0 Å². The molecule has 1 atom stereocenters. The molecule has 1 radical (unpaired) electrons. The fourth-order valence-corrected chi connectivity index (χ4v) is 1.15. The Kier molecular flexibility index (Phi) is 2.53. The van der Waals surface area contributed by atoms with Crippen LogP contribution in [0, 0.1) is 0 Å². The van der Waals surface area contributed by atoms with Crippen LogP contribution in [0.1, 0.15) is 31.7 Å². The van der Waals surface area contributed by atoms with Crippen molar-refractivity contribution < 1.29 is 0 Å². The van der Waals surface area contributed by atoms with Crippen LogP contribution in [0.25, 0.3) is 0 Å². The fraction of sp³-hybridized carbons (Fsp3) is 0.400. The molecule has 1 nitrogen and oxygen atoms in total. The van der Waals surface area contributed by atoms with Gasteiger partial charge in [0.25, 0.3) is 0 Å². The Hall–Kier alpha value is -0.980. The van der Waals surface area contributed by atoms with E-state index in [0.29, 0.717) is 11.6 Å². The minimum Gasteiger partial charge on any atom is -0.301 e. The van der Waals surface area contributed by atoms with Gasteiger partial charge in [0.2, 0.25) is 0 Å². The Bertz CT molecular complexity index is 230. The molecule has 0 fully saturated rings. The Balaban J connectivity index is 2.93. The number of hydrogen-bond acceptors (Lipinski definition) is 0. The lowest BCUT2D eigenvalue weighted by Gasteiger charge is -2.10. The largest absolute Gasteiger partial charge is 0.301 e. The zero-order valence-corrected chi connectivity index (χ0v) is 7.09. The molecule has 0 amide bonds. The summed E-state index contributed by atoms with van der Waals surface area (Å²) in [6.45, 7) is 4.31. The first-order chi connectivity index (χ1) is 5.25. The third kappa shape index (κ3) is 1.73. The molecule has 0 aliphatic carbocycles. The lowest BCUT2D eigenvalue weighted by Crippen LogP contribution is -1.92. The first-order valence-corrected chi connectivity index (χ1v) is 4.06.